The van der Waals surface area contributed by atoms with Crippen molar-refractivity contribution in [3.05, 3.63) is 83.2 Å². The lowest BCUT2D eigenvalue weighted by molar-refractivity contribution is 0.0955. The number of nitrogens with zero attached hydrogens (tertiary/aromatic N) is 3. The second-order valence-electron chi connectivity index (χ2n) is 8.19. The number of amides is 1. The highest BCUT2D eigenvalue weighted by molar-refractivity contribution is 7.89. The van der Waals surface area contributed by atoms with E-state index in [4.69, 9.17) is 0 Å². The molecule has 1 aromatic heterocycles. The van der Waals surface area contributed by atoms with Crippen molar-refractivity contribution in [3.63, 3.8) is 0 Å². The maximum Gasteiger partial charge on any atom is 0.271 e. The van der Waals surface area contributed by atoms with Gasteiger partial charge in [0.25, 0.3) is 5.91 Å². The maximum absolute atomic E-state index is 12.8. The molecule has 7 nitrogen and oxygen atoms in total. The molecule has 33 heavy (non-hydrogen) atoms. The molecule has 4 rings (SSSR count). The number of para-hydroxylation sites is 1. The van der Waals surface area contributed by atoms with Crippen LogP contribution in [0, 0.1) is 13.8 Å². The lowest BCUT2D eigenvalue weighted by Crippen LogP contribution is -2.35. The Labute approximate surface area is 194 Å². The number of carbonyl (C=O) groups excluding carboxylic acids is 1. The summed E-state index contributed by atoms with van der Waals surface area (Å²) in [7, 11) is -3.52. The van der Waals surface area contributed by atoms with Gasteiger partial charge in [0.05, 0.1) is 11.1 Å². The van der Waals surface area contributed by atoms with E-state index in [1.807, 2.05) is 50.2 Å². The molecule has 0 bridgehead atoms. The molecule has 0 unspecified atom stereocenters. The maximum atomic E-state index is 12.8. The van der Waals surface area contributed by atoms with Gasteiger partial charge in [0.2, 0.25) is 10.0 Å². The Morgan fingerprint density at radius 3 is 2.30 bits per heavy atom. The van der Waals surface area contributed by atoms with Gasteiger partial charge < -0.3 is 4.57 Å². The third kappa shape index (κ3) is 4.91. The Balaban J connectivity index is 1.43. The van der Waals surface area contributed by atoms with Crippen LogP contribution >= 0.6 is 0 Å². The average Bonchev–Trinajstić information content (AvgIpc) is 3.13. The van der Waals surface area contributed by atoms with Crippen LogP contribution in [0.15, 0.2) is 70.7 Å². The van der Waals surface area contributed by atoms with E-state index in [0.717, 1.165) is 41.9 Å². The summed E-state index contributed by atoms with van der Waals surface area (Å²) in [6.45, 7) is 5.12. The topological polar surface area (TPSA) is 83.8 Å². The molecular formula is C25H28N4O3S. The number of sulfonamides is 1. The zero-order valence-corrected chi connectivity index (χ0v) is 19.7. The number of nitrogens with one attached hydrogen (secondary N) is 1. The minimum absolute atomic E-state index is 0.206. The van der Waals surface area contributed by atoms with Crippen LogP contribution in [0.2, 0.25) is 0 Å². The second kappa shape index (κ2) is 9.72. The number of hydrazone groups is 1. The Morgan fingerprint density at radius 1 is 0.970 bits per heavy atom. The minimum Gasteiger partial charge on any atom is -0.318 e. The fourth-order valence-electron chi connectivity index (χ4n) is 4.15. The van der Waals surface area contributed by atoms with Gasteiger partial charge in [-0.15, -0.1) is 0 Å². The van der Waals surface area contributed by atoms with Gasteiger partial charge in [-0.25, -0.2) is 13.8 Å². The third-order valence-corrected chi connectivity index (χ3v) is 7.84. The molecule has 0 radical (unpaired) electrons. The summed E-state index contributed by atoms with van der Waals surface area (Å²) in [6, 6.07) is 18.0. The fourth-order valence-corrected chi connectivity index (χ4v) is 5.67. The molecule has 0 aliphatic carbocycles. The highest BCUT2D eigenvalue weighted by Crippen LogP contribution is 2.21. The van der Waals surface area contributed by atoms with Crippen LogP contribution in [0.4, 0.5) is 0 Å². The number of piperidine rings is 1. The Bertz CT molecular complexity index is 1260. The standard InChI is InChI=1S/C25H28N4O3S/c1-19-17-22(20(2)29(19)23-9-5-3-6-10-23)18-26-27-25(30)21-11-13-24(14-12-21)33(31,32)28-15-7-4-8-16-28/h3,5-6,9-14,17-18H,4,7-8,15-16H2,1-2H3,(H,27,30)/b26-18+. The van der Waals surface area contributed by atoms with Crippen LogP contribution in [-0.2, 0) is 10.0 Å². The van der Waals surface area contributed by atoms with E-state index in [1.54, 1.807) is 6.21 Å². The average molecular weight is 465 g/mol. The molecule has 1 N–H and O–H groups in total. The SMILES string of the molecule is Cc1cc(/C=N/NC(=O)c2ccc(S(=O)(=O)N3CCCCC3)cc2)c(C)n1-c1ccccc1. The van der Waals surface area contributed by atoms with Crippen molar-refractivity contribution in [2.45, 2.75) is 38.0 Å². The molecule has 1 saturated heterocycles. The lowest BCUT2D eigenvalue weighted by atomic mass is 10.2. The van der Waals surface area contributed by atoms with Gasteiger partial charge in [-0.05, 0) is 69.2 Å². The van der Waals surface area contributed by atoms with Crippen LogP contribution in [0.1, 0.15) is 46.6 Å². The predicted octanol–water partition coefficient (Wildman–Crippen LogP) is 4.03. The minimum atomic E-state index is -3.52. The molecule has 2 aromatic carbocycles. The zero-order valence-electron chi connectivity index (χ0n) is 18.9. The van der Waals surface area contributed by atoms with Crippen molar-refractivity contribution in [1.29, 1.82) is 0 Å². The number of hydrogen-bond donors (Lipinski definition) is 1. The molecule has 0 atom stereocenters. The first-order chi connectivity index (χ1) is 15.9. The van der Waals surface area contributed by atoms with Gasteiger partial charge >= 0.3 is 0 Å². The zero-order chi connectivity index (χ0) is 23.4. The smallest absolute Gasteiger partial charge is 0.271 e. The second-order valence-corrected chi connectivity index (χ2v) is 10.1. The van der Waals surface area contributed by atoms with E-state index in [-0.39, 0.29) is 4.90 Å². The van der Waals surface area contributed by atoms with E-state index in [0.29, 0.717) is 18.7 Å². The van der Waals surface area contributed by atoms with Crippen molar-refractivity contribution in [2.75, 3.05) is 13.1 Å². The van der Waals surface area contributed by atoms with E-state index in [9.17, 15) is 13.2 Å². The Kier molecular flexibility index (Phi) is 6.76. The molecule has 172 valence electrons. The number of carbonyl (C=O) groups is 1. The van der Waals surface area contributed by atoms with Gasteiger partial charge in [0, 0.05) is 41.3 Å². The molecular weight excluding hydrogens is 436 g/mol. The normalized spacial score (nSPS) is 15.1. The van der Waals surface area contributed by atoms with Crippen LogP contribution in [0.3, 0.4) is 0 Å². The summed E-state index contributed by atoms with van der Waals surface area (Å²) in [5.74, 6) is -0.398. The van der Waals surface area contributed by atoms with Crippen molar-refractivity contribution in [2.24, 2.45) is 5.10 Å². The number of aromatic nitrogens is 1. The van der Waals surface area contributed by atoms with Gasteiger partial charge in [0.1, 0.15) is 0 Å². The number of rotatable bonds is 6. The molecule has 0 spiro atoms. The summed E-state index contributed by atoms with van der Waals surface area (Å²) in [5.41, 5.74) is 6.93. The summed E-state index contributed by atoms with van der Waals surface area (Å²) in [5, 5.41) is 4.11. The fraction of sp³-hybridized carbons (Fsp3) is 0.280. The predicted molar refractivity (Wildman–Crippen MR) is 129 cm³/mol. The van der Waals surface area contributed by atoms with Crippen molar-refractivity contribution in [3.8, 4) is 5.69 Å². The highest BCUT2D eigenvalue weighted by atomic mass is 32.2. The van der Waals surface area contributed by atoms with E-state index < -0.39 is 15.9 Å². The number of benzene rings is 2. The van der Waals surface area contributed by atoms with Gasteiger partial charge in [0.15, 0.2) is 0 Å². The lowest BCUT2D eigenvalue weighted by Gasteiger charge is -2.25. The van der Waals surface area contributed by atoms with Crippen LogP contribution in [-0.4, -0.2) is 42.5 Å². The number of aryl methyl sites for hydroxylation is 1. The van der Waals surface area contributed by atoms with Gasteiger partial charge in [-0.1, -0.05) is 24.6 Å². The highest BCUT2D eigenvalue weighted by Gasteiger charge is 2.25. The molecule has 2 heterocycles. The van der Waals surface area contributed by atoms with Gasteiger partial charge in [-0.3, -0.25) is 4.79 Å². The molecule has 1 aliphatic heterocycles. The third-order valence-electron chi connectivity index (χ3n) is 5.92. The quantitative estimate of drug-likeness (QED) is 0.442. The molecule has 3 aromatic rings. The molecule has 0 saturated carbocycles. The summed E-state index contributed by atoms with van der Waals surface area (Å²) in [4.78, 5) is 12.7. The number of hydrogen-bond acceptors (Lipinski definition) is 4. The van der Waals surface area contributed by atoms with E-state index in [1.165, 1.54) is 28.6 Å². The first-order valence-electron chi connectivity index (χ1n) is 11.1. The molecule has 8 heteroatoms. The van der Waals surface area contributed by atoms with Crippen molar-refractivity contribution in [1.82, 2.24) is 14.3 Å². The molecule has 1 fully saturated rings. The molecule has 1 aliphatic rings. The Morgan fingerprint density at radius 2 is 1.64 bits per heavy atom. The first-order valence-corrected chi connectivity index (χ1v) is 12.5. The van der Waals surface area contributed by atoms with E-state index >= 15 is 0 Å². The Hall–Kier alpha value is -3.23. The van der Waals surface area contributed by atoms with Crippen molar-refractivity contribution >= 4 is 22.1 Å². The van der Waals surface area contributed by atoms with Crippen LogP contribution in [0.25, 0.3) is 5.69 Å². The monoisotopic (exact) mass is 464 g/mol. The van der Waals surface area contributed by atoms with Crippen LogP contribution in [0.5, 0.6) is 0 Å². The first kappa shape index (κ1) is 22.9. The molecule has 1 amide bonds. The van der Waals surface area contributed by atoms with Crippen molar-refractivity contribution < 1.29 is 13.2 Å². The summed E-state index contributed by atoms with van der Waals surface area (Å²) >= 11 is 0. The van der Waals surface area contributed by atoms with Crippen LogP contribution < -0.4 is 5.43 Å². The summed E-state index contributed by atoms with van der Waals surface area (Å²) in [6.07, 6.45) is 4.44. The van der Waals surface area contributed by atoms with Gasteiger partial charge in [-0.2, -0.15) is 9.41 Å². The van der Waals surface area contributed by atoms with E-state index in [2.05, 4.69) is 15.1 Å². The summed E-state index contributed by atoms with van der Waals surface area (Å²) < 4.78 is 29.2. The largest absolute Gasteiger partial charge is 0.318 e.